The van der Waals surface area contributed by atoms with Gasteiger partial charge in [-0.25, -0.2) is 4.98 Å². The molecule has 3 N–H and O–H groups in total. The summed E-state index contributed by atoms with van der Waals surface area (Å²) in [6.07, 6.45) is 6.18. The minimum Gasteiger partial charge on any atom is -0.348 e. The lowest BCUT2D eigenvalue weighted by Crippen LogP contribution is -2.34. The van der Waals surface area contributed by atoms with Crippen LogP contribution in [0.4, 0.5) is 0 Å². The first-order valence-corrected chi connectivity index (χ1v) is 8.58. The lowest BCUT2D eigenvalue weighted by Gasteiger charge is -2.10. The zero-order chi connectivity index (χ0) is 17.5. The molecule has 3 aromatic rings. The highest BCUT2D eigenvalue weighted by Crippen LogP contribution is 2.11. The Balaban J connectivity index is 0.00000182. The number of aromatic amines is 1. The average molecular weight is 406 g/mol. The van der Waals surface area contributed by atoms with E-state index in [4.69, 9.17) is 5.73 Å². The number of imidazole rings is 1. The second kappa shape index (κ2) is 11.5. The van der Waals surface area contributed by atoms with E-state index in [1.807, 2.05) is 18.2 Å². The fraction of sp³-hybridized carbons (Fsp3) is 0.238. The van der Waals surface area contributed by atoms with Crippen LogP contribution in [-0.4, -0.2) is 21.8 Å². The van der Waals surface area contributed by atoms with Gasteiger partial charge in [-0.2, -0.15) is 0 Å². The molecular weight excluding hydrogens is 381 g/mol. The fourth-order valence-electron chi connectivity index (χ4n) is 2.84. The fourth-order valence-corrected chi connectivity index (χ4v) is 2.84. The van der Waals surface area contributed by atoms with Crippen LogP contribution in [0.5, 0.6) is 0 Å². The van der Waals surface area contributed by atoms with Gasteiger partial charge in [0, 0.05) is 24.7 Å². The van der Waals surface area contributed by atoms with E-state index < -0.39 is 6.04 Å². The number of hydrogen-bond donors (Lipinski definition) is 2. The molecule has 0 spiro atoms. The number of Topliss-reactive ketones (excluding diaryl/α,β-unsaturated/α-hetero) is 1. The van der Waals surface area contributed by atoms with Crippen molar-refractivity contribution in [1.82, 2.24) is 9.97 Å². The van der Waals surface area contributed by atoms with E-state index in [1.54, 1.807) is 12.5 Å². The van der Waals surface area contributed by atoms with Crippen molar-refractivity contribution in [3.05, 3.63) is 89.5 Å². The van der Waals surface area contributed by atoms with E-state index in [2.05, 4.69) is 46.4 Å². The molecule has 0 amide bonds. The molecule has 4 nitrogen and oxygen atoms in total. The summed E-state index contributed by atoms with van der Waals surface area (Å²) < 4.78 is 0. The average Bonchev–Trinajstić information content (AvgIpc) is 3.15. The van der Waals surface area contributed by atoms with Crippen LogP contribution in [0.15, 0.2) is 67.1 Å². The maximum Gasteiger partial charge on any atom is 0.154 e. The highest BCUT2D eigenvalue weighted by molar-refractivity contribution is 5.86. The van der Waals surface area contributed by atoms with Gasteiger partial charge < -0.3 is 10.7 Å². The van der Waals surface area contributed by atoms with Crippen LogP contribution in [0.3, 0.4) is 0 Å². The molecule has 1 atom stereocenters. The molecule has 0 saturated carbocycles. The molecule has 1 aromatic heterocycles. The van der Waals surface area contributed by atoms with Crippen LogP contribution in [0.25, 0.3) is 0 Å². The zero-order valence-electron chi connectivity index (χ0n) is 15.0. The predicted molar refractivity (Wildman–Crippen MR) is 114 cm³/mol. The molecule has 144 valence electrons. The first-order valence-electron chi connectivity index (χ1n) is 8.58. The zero-order valence-corrected chi connectivity index (χ0v) is 16.6. The Labute approximate surface area is 172 Å². The van der Waals surface area contributed by atoms with Gasteiger partial charge in [0.15, 0.2) is 5.78 Å². The van der Waals surface area contributed by atoms with Crippen LogP contribution in [0.2, 0.25) is 0 Å². The van der Waals surface area contributed by atoms with E-state index in [1.165, 1.54) is 11.1 Å². The summed E-state index contributed by atoms with van der Waals surface area (Å²) in [6, 6.07) is 18.2. The van der Waals surface area contributed by atoms with E-state index in [0.717, 1.165) is 24.1 Å². The number of H-pyrrole nitrogens is 1. The van der Waals surface area contributed by atoms with Gasteiger partial charge in [-0.1, -0.05) is 54.6 Å². The second-order valence-electron chi connectivity index (χ2n) is 6.33. The van der Waals surface area contributed by atoms with Crippen molar-refractivity contribution >= 4 is 30.6 Å². The molecule has 0 fully saturated rings. The summed E-state index contributed by atoms with van der Waals surface area (Å²) in [5.74, 6) is 0.0478. The van der Waals surface area contributed by atoms with Gasteiger partial charge in [-0.05, 0) is 29.5 Å². The smallest absolute Gasteiger partial charge is 0.154 e. The van der Waals surface area contributed by atoms with Crippen LogP contribution in [0.1, 0.15) is 22.4 Å². The Hall–Kier alpha value is -2.14. The van der Waals surface area contributed by atoms with Gasteiger partial charge in [-0.3, -0.25) is 4.79 Å². The van der Waals surface area contributed by atoms with Gasteiger partial charge in [-0.15, -0.1) is 24.8 Å². The standard InChI is InChI=1S/C21H23N3O.2ClH/c22-20(13-19-14-23-15-24-19)21(25)12-18-10-8-17(9-11-18)7-6-16-4-2-1-3-5-16;;/h1-5,8-11,14-15,20H,6-7,12-13,22H2,(H,23,24);2*1H/t20-;;/m0../s1. The highest BCUT2D eigenvalue weighted by Gasteiger charge is 2.15. The summed E-state index contributed by atoms with van der Waals surface area (Å²) in [7, 11) is 0. The van der Waals surface area contributed by atoms with Crippen molar-refractivity contribution in [1.29, 1.82) is 0 Å². The van der Waals surface area contributed by atoms with Crippen molar-refractivity contribution in [2.24, 2.45) is 5.73 Å². The Bertz CT molecular complexity index is 790. The number of aryl methyl sites for hydroxylation is 2. The van der Waals surface area contributed by atoms with E-state index >= 15 is 0 Å². The molecule has 0 saturated heterocycles. The first-order chi connectivity index (χ1) is 12.2. The van der Waals surface area contributed by atoms with E-state index in [9.17, 15) is 4.79 Å². The number of nitrogens with two attached hydrogens (primary N) is 1. The number of carbonyl (C=O) groups is 1. The highest BCUT2D eigenvalue weighted by atomic mass is 35.5. The number of hydrogen-bond acceptors (Lipinski definition) is 3. The minimum absolute atomic E-state index is 0. The van der Waals surface area contributed by atoms with Gasteiger partial charge in [0.05, 0.1) is 12.4 Å². The van der Waals surface area contributed by atoms with Crippen molar-refractivity contribution in [3.63, 3.8) is 0 Å². The number of aromatic nitrogens is 2. The Morgan fingerprint density at radius 2 is 1.52 bits per heavy atom. The largest absolute Gasteiger partial charge is 0.348 e. The van der Waals surface area contributed by atoms with Crippen LogP contribution in [-0.2, 0) is 30.5 Å². The number of rotatable bonds is 8. The number of halogens is 2. The third-order valence-corrected chi connectivity index (χ3v) is 4.35. The molecule has 0 bridgehead atoms. The molecular formula is C21H25Cl2N3O. The van der Waals surface area contributed by atoms with Crippen molar-refractivity contribution < 1.29 is 4.79 Å². The van der Waals surface area contributed by atoms with E-state index in [-0.39, 0.29) is 30.6 Å². The minimum atomic E-state index is -0.502. The van der Waals surface area contributed by atoms with Gasteiger partial charge >= 0.3 is 0 Å². The first kappa shape index (κ1) is 22.9. The number of carbonyl (C=O) groups excluding carboxylic acids is 1. The Kier molecular flexibility index (Phi) is 9.79. The van der Waals surface area contributed by atoms with Crippen LogP contribution >= 0.6 is 24.8 Å². The summed E-state index contributed by atoms with van der Waals surface area (Å²) in [4.78, 5) is 19.2. The number of ketones is 1. The summed E-state index contributed by atoms with van der Waals surface area (Å²) in [5, 5.41) is 0. The number of nitrogens with zero attached hydrogens (tertiary/aromatic N) is 1. The Morgan fingerprint density at radius 3 is 2.11 bits per heavy atom. The molecule has 0 aliphatic carbocycles. The second-order valence-corrected chi connectivity index (χ2v) is 6.33. The molecule has 0 aliphatic rings. The molecule has 2 aromatic carbocycles. The third-order valence-electron chi connectivity index (χ3n) is 4.35. The lowest BCUT2D eigenvalue weighted by atomic mass is 9.98. The SMILES string of the molecule is Cl.Cl.N[C@@H](Cc1cnc[nH]1)C(=O)Cc1ccc(CCc2ccccc2)cc1. The van der Waals surface area contributed by atoms with Crippen molar-refractivity contribution in [2.45, 2.75) is 31.7 Å². The van der Waals surface area contributed by atoms with E-state index in [0.29, 0.717) is 12.8 Å². The summed E-state index contributed by atoms with van der Waals surface area (Å²) in [6.45, 7) is 0. The molecule has 3 rings (SSSR count). The van der Waals surface area contributed by atoms with Crippen molar-refractivity contribution in [2.75, 3.05) is 0 Å². The monoisotopic (exact) mass is 405 g/mol. The van der Waals surface area contributed by atoms with Crippen molar-refractivity contribution in [3.8, 4) is 0 Å². The summed E-state index contributed by atoms with van der Waals surface area (Å²) >= 11 is 0. The lowest BCUT2D eigenvalue weighted by molar-refractivity contribution is -0.119. The number of benzene rings is 2. The topological polar surface area (TPSA) is 71.8 Å². The maximum atomic E-state index is 12.3. The molecule has 0 aliphatic heterocycles. The predicted octanol–water partition coefficient (Wildman–Crippen LogP) is 3.72. The van der Waals surface area contributed by atoms with Gasteiger partial charge in [0.25, 0.3) is 0 Å². The molecule has 0 radical (unpaired) electrons. The van der Waals surface area contributed by atoms with Gasteiger partial charge in [0.2, 0.25) is 0 Å². The summed E-state index contributed by atoms with van der Waals surface area (Å²) in [5.41, 5.74) is 10.5. The molecule has 1 heterocycles. The normalized spacial score (nSPS) is 11.1. The Morgan fingerprint density at radius 1 is 0.926 bits per heavy atom. The quantitative estimate of drug-likeness (QED) is 0.599. The number of nitrogens with one attached hydrogen (secondary N) is 1. The third kappa shape index (κ3) is 7.18. The van der Waals surface area contributed by atoms with Crippen LogP contribution in [0, 0.1) is 0 Å². The molecule has 27 heavy (non-hydrogen) atoms. The maximum absolute atomic E-state index is 12.3. The molecule has 0 unspecified atom stereocenters. The van der Waals surface area contributed by atoms with Crippen LogP contribution < -0.4 is 5.73 Å². The van der Waals surface area contributed by atoms with Gasteiger partial charge in [0.1, 0.15) is 0 Å². The molecule has 6 heteroatoms.